The molecule has 0 spiro atoms. The van der Waals surface area contributed by atoms with E-state index in [0.717, 1.165) is 11.1 Å². The van der Waals surface area contributed by atoms with Crippen molar-refractivity contribution in [2.24, 2.45) is 0 Å². The highest BCUT2D eigenvalue weighted by atomic mass is 35.5. The molecule has 7 heteroatoms. The number of benzene rings is 1. The van der Waals surface area contributed by atoms with Crippen LogP contribution in [0.1, 0.15) is 19.9 Å². The lowest BCUT2D eigenvalue weighted by atomic mass is 10.1. The van der Waals surface area contributed by atoms with Gasteiger partial charge in [-0.2, -0.15) is 5.10 Å². The van der Waals surface area contributed by atoms with Crippen LogP contribution in [-0.4, -0.2) is 24.4 Å². The number of hydrogen-bond acceptors (Lipinski definition) is 4. The van der Waals surface area contributed by atoms with E-state index in [0.29, 0.717) is 21.7 Å². The second-order valence-corrected chi connectivity index (χ2v) is 6.29. The molecule has 0 aliphatic carbocycles. The fraction of sp³-hybridized carbons (Fsp3) is 0.176. The summed E-state index contributed by atoms with van der Waals surface area (Å²) in [6, 6.07) is 9.34. The highest BCUT2D eigenvalue weighted by Crippen LogP contribution is 2.25. The van der Waals surface area contributed by atoms with E-state index in [4.69, 9.17) is 11.6 Å². The molecule has 3 heterocycles. The van der Waals surface area contributed by atoms with Gasteiger partial charge in [0.1, 0.15) is 5.52 Å². The Morgan fingerprint density at radius 2 is 1.83 bits per heavy atom. The first-order valence-corrected chi connectivity index (χ1v) is 7.95. The molecule has 3 aromatic heterocycles. The maximum Gasteiger partial charge on any atom is 0.280 e. The molecular weight excluding hydrogens is 326 g/mol. The number of nitrogens with zero attached hydrogens (tertiary/aromatic N) is 5. The van der Waals surface area contributed by atoms with Crippen LogP contribution in [0, 0.1) is 0 Å². The number of aromatic nitrogens is 5. The first-order valence-electron chi connectivity index (χ1n) is 7.57. The fourth-order valence-corrected chi connectivity index (χ4v) is 2.87. The van der Waals surface area contributed by atoms with E-state index in [1.54, 1.807) is 21.5 Å². The minimum atomic E-state index is -0.166. The Bertz CT molecular complexity index is 1110. The third-order valence-corrected chi connectivity index (χ3v) is 4.25. The molecule has 0 atom stereocenters. The summed E-state index contributed by atoms with van der Waals surface area (Å²) in [5.41, 5.74) is 3.17. The molecule has 0 radical (unpaired) electrons. The standard InChI is InChI=1S/C17H14ClN5O/c1-10(2)22-8-7-14-15(17(22)24)20-21-16-13(9-19-23(14)16)11-3-5-12(18)6-4-11/h3-10H,1-2H3. The van der Waals surface area contributed by atoms with Gasteiger partial charge in [0.25, 0.3) is 5.56 Å². The molecule has 0 N–H and O–H groups in total. The summed E-state index contributed by atoms with van der Waals surface area (Å²) in [7, 11) is 0. The first-order chi connectivity index (χ1) is 11.6. The zero-order valence-corrected chi connectivity index (χ0v) is 13.9. The normalized spacial score (nSPS) is 11.7. The number of hydrogen-bond donors (Lipinski definition) is 0. The second kappa shape index (κ2) is 5.42. The van der Waals surface area contributed by atoms with Crippen molar-refractivity contribution < 1.29 is 0 Å². The molecule has 0 amide bonds. The van der Waals surface area contributed by atoms with Gasteiger partial charge in [-0.1, -0.05) is 23.7 Å². The second-order valence-electron chi connectivity index (χ2n) is 5.86. The summed E-state index contributed by atoms with van der Waals surface area (Å²) >= 11 is 5.94. The van der Waals surface area contributed by atoms with Crippen LogP contribution in [0.2, 0.25) is 5.02 Å². The van der Waals surface area contributed by atoms with Gasteiger partial charge in [-0.05, 0) is 37.6 Å². The largest absolute Gasteiger partial charge is 0.311 e. The number of halogens is 1. The summed E-state index contributed by atoms with van der Waals surface area (Å²) in [4.78, 5) is 12.5. The molecule has 4 aromatic rings. The van der Waals surface area contributed by atoms with Gasteiger partial charge in [0, 0.05) is 22.8 Å². The Morgan fingerprint density at radius 1 is 1.08 bits per heavy atom. The van der Waals surface area contributed by atoms with Gasteiger partial charge >= 0.3 is 0 Å². The van der Waals surface area contributed by atoms with E-state index < -0.39 is 0 Å². The van der Waals surface area contributed by atoms with Crippen molar-refractivity contribution in [3.05, 3.63) is 58.1 Å². The monoisotopic (exact) mass is 339 g/mol. The fourth-order valence-electron chi connectivity index (χ4n) is 2.75. The molecule has 120 valence electrons. The third kappa shape index (κ3) is 2.18. The summed E-state index contributed by atoms with van der Waals surface area (Å²) in [5, 5.41) is 13.5. The Morgan fingerprint density at radius 3 is 2.54 bits per heavy atom. The van der Waals surface area contributed by atoms with Gasteiger partial charge in [0.05, 0.1) is 6.20 Å². The van der Waals surface area contributed by atoms with Gasteiger partial charge in [-0.3, -0.25) is 4.79 Å². The maximum atomic E-state index is 12.5. The molecule has 0 unspecified atom stereocenters. The van der Waals surface area contributed by atoms with Crippen molar-refractivity contribution >= 4 is 28.3 Å². The molecule has 0 aliphatic rings. The van der Waals surface area contributed by atoms with Crippen molar-refractivity contribution in [3.8, 4) is 11.1 Å². The highest BCUT2D eigenvalue weighted by molar-refractivity contribution is 6.30. The SMILES string of the molecule is CC(C)n1ccc2c(nnc3c(-c4ccc(Cl)cc4)cnn32)c1=O. The van der Waals surface area contributed by atoms with Crippen molar-refractivity contribution in [2.75, 3.05) is 0 Å². The lowest BCUT2D eigenvalue weighted by Crippen LogP contribution is -2.23. The van der Waals surface area contributed by atoms with Crippen LogP contribution in [0.4, 0.5) is 0 Å². The molecule has 1 aromatic carbocycles. The van der Waals surface area contributed by atoms with Crippen LogP contribution in [0.5, 0.6) is 0 Å². The predicted molar refractivity (Wildman–Crippen MR) is 93.4 cm³/mol. The average Bonchev–Trinajstić information content (AvgIpc) is 3.00. The molecule has 4 rings (SSSR count). The zero-order valence-electron chi connectivity index (χ0n) is 13.1. The van der Waals surface area contributed by atoms with Crippen LogP contribution in [0.15, 0.2) is 47.5 Å². The quantitative estimate of drug-likeness (QED) is 0.562. The predicted octanol–water partition coefficient (Wildman–Crippen LogP) is 3.34. The Balaban J connectivity index is 1.99. The topological polar surface area (TPSA) is 65.1 Å². The molecule has 0 saturated heterocycles. The van der Waals surface area contributed by atoms with Crippen molar-refractivity contribution in [1.29, 1.82) is 0 Å². The third-order valence-electron chi connectivity index (χ3n) is 4.00. The van der Waals surface area contributed by atoms with Crippen molar-refractivity contribution in [3.63, 3.8) is 0 Å². The first kappa shape index (κ1) is 14.8. The average molecular weight is 340 g/mol. The van der Waals surface area contributed by atoms with E-state index in [9.17, 15) is 4.79 Å². The number of fused-ring (bicyclic) bond motifs is 3. The molecule has 0 saturated carbocycles. The highest BCUT2D eigenvalue weighted by Gasteiger charge is 2.14. The summed E-state index contributed by atoms with van der Waals surface area (Å²) < 4.78 is 3.28. The van der Waals surface area contributed by atoms with E-state index in [-0.39, 0.29) is 11.6 Å². The van der Waals surface area contributed by atoms with Crippen LogP contribution < -0.4 is 5.56 Å². The number of pyridine rings is 1. The summed E-state index contributed by atoms with van der Waals surface area (Å²) in [5.74, 6) is 0. The minimum absolute atomic E-state index is 0.0571. The molecule has 0 aliphatic heterocycles. The molecular formula is C17H14ClN5O. The smallest absolute Gasteiger partial charge is 0.280 e. The van der Waals surface area contributed by atoms with Crippen LogP contribution in [0.25, 0.3) is 27.8 Å². The lowest BCUT2D eigenvalue weighted by molar-refractivity contribution is 0.581. The van der Waals surface area contributed by atoms with Gasteiger partial charge in [-0.25, -0.2) is 4.52 Å². The van der Waals surface area contributed by atoms with E-state index in [1.807, 2.05) is 44.2 Å². The summed E-state index contributed by atoms with van der Waals surface area (Å²) in [6.45, 7) is 3.90. The number of rotatable bonds is 2. The Labute approximate surface area is 142 Å². The molecule has 6 nitrogen and oxygen atoms in total. The van der Waals surface area contributed by atoms with Crippen LogP contribution in [-0.2, 0) is 0 Å². The summed E-state index contributed by atoms with van der Waals surface area (Å²) in [6.07, 6.45) is 3.49. The zero-order chi connectivity index (χ0) is 16.8. The lowest BCUT2D eigenvalue weighted by Gasteiger charge is -2.10. The molecule has 0 bridgehead atoms. The van der Waals surface area contributed by atoms with Crippen molar-refractivity contribution in [2.45, 2.75) is 19.9 Å². The van der Waals surface area contributed by atoms with Crippen molar-refractivity contribution in [1.82, 2.24) is 24.4 Å². The van der Waals surface area contributed by atoms with Gasteiger partial charge in [-0.15, -0.1) is 10.2 Å². The van der Waals surface area contributed by atoms with E-state index in [1.165, 1.54) is 0 Å². The Hall–Kier alpha value is -2.73. The van der Waals surface area contributed by atoms with E-state index >= 15 is 0 Å². The Kier molecular flexibility index (Phi) is 3.35. The molecule has 0 fully saturated rings. The van der Waals surface area contributed by atoms with Crippen LogP contribution in [0.3, 0.4) is 0 Å². The van der Waals surface area contributed by atoms with Gasteiger partial charge in [0.15, 0.2) is 11.2 Å². The maximum absolute atomic E-state index is 12.5. The van der Waals surface area contributed by atoms with E-state index in [2.05, 4.69) is 15.3 Å². The van der Waals surface area contributed by atoms with Gasteiger partial charge in [0.2, 0.25) is 0 Å². The molecule has 24 heavy (non-hydrogen) atoms. The minimum Gasteiger partial charge on any atom is -0.311 e. The van der Waals surface area contributed by atoms with Gasteiger partial charge < -0.3 is 4.57 Å². The van der Waals surface area contributed by atoms with Crippen LogP contribution >= 0.6 is 11.6 Å².